The minimum atomic E-state index is -0.447. The Morgan fingerprint density at radius 2 is 1.61 bits per heavy atom. The van der Waals surface area contributed by atoms with Crippen LogP contribution in [0.5, 0.6) is 0 Å². The van der Waals surface area contributed by atoms with Crippen LogP contribution in [0.25, 0.3) is 11.3 Å². The van der Waals surface area contributed by atoms with Crippen molar-refractivity contribution in [2.24, 2.45) is 0 Å². The fraction of sp³-hybridized carbons (Fsp3) is 0.361. The van der Waals surface area contributed by atoms with E-state index in [0.717, 1.165) is 49.0 Å². The summed E-state index contributed by atoms with van der Waals surface area (Å²) in [5.41, 5.74) is 5.43. The molecule has 8 heteroatoms. The highest BCUT2D eigenvalue weighted by molar-refractivity contribution is 6.37. The van der Waals surface area contributed by atoms with Gasteiger partial charge in [0.05, 0.1) is 11.3 Å². The molecule has 4 rings (SSSR count). The van der Waals surface area contributed by atoms with E-state index in [4.69, 9.17) is 4.74 Å². The normalized spacial score (nSPS) is 13.6. The summed E-state index contributed by atoms with van der Waals surface area (Å²) >= 11 is 0. The number of ether oxygens (including phenoxy) is 1. The third kappa shape index (κ3) is 9.28. The number of nitrogens with one attached hydrogen (secondary N) is 4. The van der Waals surface area contributed by atoms with Gasteiger partial charge in [-0.2, -0.15) is 0 Å². The molecule has 0 saturated heterocycles. The Labute approximate surface area is 260 Å². The first-order valence-electron chi connectivity index (χ1n) is 15.5. The maximum absolute atomic E-state index is 13.3. The SMILES string of the molecule is CCCCNC(=O)c1ccc2c(c1)/C(=C(/Nc1ccc(CNCCCCC(=O)OC(C)(C)C)cc1)c1ccccc1)C(=O)N2. The number of rotatable bonds is 14. The smallest absolute Gasteiger partial charge is 0.306 e. The lowest BCUT2D eigenvalue weighted by molar-refractivity contribution is -0.154. The van der Waals surface area contributed by atoms with Gasteiger partial charge in [0.1, 0.15) is 5.60 Å². The van der Waals surface area contributed by atoms with Crippen molar-refractivity contribution in [1.29, 1.82) is 0 Å². The average Bonchev–Trinajstić information content (AvgIpc) is 3.32. The lowest BCUT2D eigenvalue weighted by Gasteiger charge is -2.19. The maximum Gasteiger partial charge on any atom is 0.306 e. The molecule has 4 N–H and O–H groups in total. The second kappa shape index (κ2) is 15.3. The molecule has 0 aromatic heterocycles. The number of benzene rings is 3. The number of amides is 2. The molecule has 0 unspecified atom stereocenters. The molecular formula is C36H44N4O4. The summed E-state index contributed by atoms with van der Waals surface area (Å²) in [4.78, 5) is 38.0. The van der Waals surface area contributed by atoms with E-state index in [9.17, 15) is 14.4 Å². The minimum Gasteiger partial charge on any atom is -0.460 e. The van der Waals surface area contributed by atoms with E-state index < -0.39 is 5.60 Å². The van der Waals surface area contributed by atoms with Crippen LogP contribution in [-0.4, -0.2) is 36.5 Å². The monoisotopic (exact) mass is 596 g/mol. The largest absolute Gasteiger partial charge is 0.460 e. The van der Waals surface area contributed by atoms with Crippen molar-refractivity contribution in [1.82, 2.24) is 10.6 Å². The van der Waals surface area contributed by atoms with Crippen LogP contribution in [0.1, 0.15) is 86.8 Å². The van der Waals surface area contributed by atoms with E-state index in [1.54, 1.807) is 18.2 Å². The second-order valence-corrected chi connectivity index (χ2v) is 12.0. The number of carbonyl (C=O) groups is 3. The molecule has 0 saturated carbocycles. The van der Waals surface area contributed by atoms with Gasteiger partial charge in [0, 0.05) is 42.0 Å². The van der Waals surface area contributed by atoms with Gasteiger partial charge in [-0.3, -0.25) is 14.4 Å². The summed E-state index contributed by atoms with van der Waals surface area (Å²) in [7, 11) is 0. The molecular weight excluding hydrogens is 552 g/mol. The quantitative estimate of drug-likeness (QED) is 0.0932. The van der Waals surface area contributed by atoms with Crippen LogP contribution in [0.4, 0.5) is 11.4 Å². The van der Waals surface area contributed by atoms with E-state index in [1.165, 1.54) is 0 Å². The summed E-state index contributed by atoms with van der Waals surface area (Å²) in [6, 6.07) is 23.1. The van der Waals surface area contributed by atoms with Crippen molar-refractivity contribution in [3.8, 4) is 0 Å². The topological polar surface area (TPSA) is 109 Å². The molecule has 2 amide bonds. The van der Waals surface area contributed by atoms with Gasteiger partial charge in [0.2, 0.25) is 0 Å². The van der Waals surface area contributed by atoms with Crippen LogP contribution < -0.4 is 21.3 Å². The number of hydrogen-bond donors (Lipinski definition) is 4. The number of unbranched alkanes of at least 4 members (excludes halogenated alkanes) is 2. The maximum atomic E-state index is 13.3. The van der Waals surface area contributed by atoms with Gasteiger partial charge in [-0.1, -0.05) is 55.8 Å². The summed E-state index contributed by atoms with van der Waals surface area (Å²) in [5, 5.41) is 12.8. The lowest BCUT2D eigenvalue weighted by atomic mass is 9.98. The van der Waals surface area contributed by atoms with E-state index >= 15 is 0 Å². The molecule has 1 aliphatic rings. The molecule has 0 bridgehead atoms. The zero-order chi connectivity index (χ0) is 31.5. The van der Waals surface area contributed by atoms with Crippen LogP contribution in [0.3, 0.4) is 0 Å². The van der Waals surface area contributed by atoms with Crippen LogP contribution in [0, 0.1) is 0 Å². The standard InChI is InChI=1S/C36H44N4O4/c1-5-6-22-38-34(42)27-17-20-30-29(23-27)32(35(43)40-30)33(26-12-8-7-9-13-26)39-28-18-15-25(16-19-28)24-37-21-11-10-14-31(41)44-36(2,3)4/h7-9,12-13,15-20,23,37,39H,5-6,10-11,14,21-22,24H2,1-4H3,(H,38,42)(H,40,43)/b33-32-. The van der Waals surface area contributed by atoms with Gasteiger partial charge in [0.25, 0.3) is 11.8 Å². The van der Waals surface area contributed by atoms with E-state index in [-0.39, 0.29) is 17.8 Å². The molecule has 3 aromatic rings. The van der Waals surface area contributed by atoms with Gasteiger partial charge in [-0.15, -0.1) is 0 Å². The third-order valence-electron chi connectivity index (χ3n) is 7.11. The highest BCUT2D eigenvalue weighted by atomic mass is 16.6. The fourth-order valence-corrected chi connectivity index (χ4v) is 4.92. The molecule has 0 aliphatic carbocycles. The zero-order valence-corrected chi connectivity index (χ0v) is 26.2. The minimum absolute atomic E-state index is 0.151. The molecule has 1 heterocycles. The predicted molar refractivity (Wildman–Crippen MR) is 177 cm³/mol. The van der Waals surface area contributed by atoms with Gasteiger partial charge < -0.3 is 26.0 Å². The van der Waals surface area contributed by atoms with Crippen LogP contribution in [0.15, 0.2) is 72.8 Å². The Hall–Kier alpha value is -4.43. The Kier molecular flexibility index (Phi) is 11.3. The van der Waals surface area contributed by atoms with E-state index in [2.05, 4.69) is 28.2 Å². The highest BCUT2D eigenvalue weighted by Crippen LogP contribution is 2.38. The van der Waals surface area contributed by atoms with Crippen molar-refractivity contribution < 1.29 is 19.1 Å². The Balaban J connectivity index is 1.45. The summed E-state index contributed by atoms with van der Waals surface area (Å²) in [6.07, 6.45) is 4.00. The van der Waals surface area contributed by atoms with Crippen LogP contribution in [-0.2, 0) is 20.9 Å². The van der Waals surface area contributed by atoms with E-state index in [0.29, 0.717) is 47.6 Å². The molecule has 232 valence electrons. The molecule has 44 heavy (non-hydrogen) atoms. The van der Waals surface area contributed by atoms with Crippen LogP contribution >= 0.6 is 0 Å². The summed E-state index contributed by atoms with van der Waals surface area (Å²) < 4.78 is 5.36. The number of carbonyl (C=O) groups excluding carboxylic acids is 3. The van der Waals surface area contributed by atoms with Crippen LogP contribution in [0.2, 0.25) is 0 Å². The molecule has 0 radical (unpaired) electrons. The molecule has 0 atom stereocenters. The molecule has 3 aromatic carbocycles. The van der Waals surface area contributed by atoms with Gasteiger partial charge in [0.15, 0.2) is 0 Å². The molecule has 1 aliphatic heterocycles. The van der Waals surface area contributed by atoms with Crippen molar-refractivity contribution in [2.45, 2.75) is 71.9 Å². The van der Waals surface area contributed by atoms with Crippen molar-refractivity contribution in [3.05, 3.63) is 95.1 Å². The Morgan fingerprint density at radius 1 is 0.864 bits per heavy atom. The first-order chi connectivity index (χ1) is 21.1. The van der Waals surface area contributed by atoms with Gasteiger partial charge in [-0.25, -0.2) is 0 Å². The summed E-state index contributed by atoms with van der Waals surface area (Å²) in [5.74, 6) is -0.527. The number of anilines is 2. The first kappa shape index (κ1) is 32.5. The zero-order valence-electron chi connectivity index (χ0n) is 26.2. The molecule has 8 nitrogen and oxygen atoms in total. The van der Waals surface area contributed by atoms with Gasteiger partial charge >= 0.3 is 5.97 Å². The molecule has 0 spiro atoms. The number of fused-ring (bicyclic) bond motifs is 1. The fourth-order valence-electron chi connectivity index (χ4n) is 4.92. The summed E-state index contributed by atoms with van der Waals surface area (Å²) in [6.45, 7) is 9.84. The average molecular weight is 597 g/mol. The Bertz CT molecular complexity index is 1470. The number of hydrogen-bond acceptors (Lipinski definition) is 6. The lowest BCUT2D eigenvalue weighted by Crippen LogP contribution is -2.24. The second-order valence-electron chi connectivity index (χ2n) is 12.0. The van der Waals surface area contributed by atoms with Gasteiger partial charge in [-0.05, 0) is 88.0 Å². The Morgan fingerprint density at radius 3 is 2.32 bits per heavy atom. The van der Waals surface area contributed by atoms with E-state index in [1.807, 2.05) is 75.4 Å². The molecule has 0 fully saturated rings. The van der Waals surface area contributed by atoms with Crippen molar-refractivity contribution in [3.63, 3.8) is 0 Å². The third-order valence-corrected chi connectivity index (χ3v) is 7.11. The number of esters is 1. The van der Waals surface area contributed by atoms with Crippen molar-refractivity contribution >= 4 is 40.4 Å². The van der Waals surface area contributed by atoms with Crippen molar-refractivity contribution in [2.75, 3.05) is 23.7 Å². The highest BCUT2D eigenvalue weighted by Gasteiger charge is 2.29. The predicted octanol–water partition coefficient (Wildman–Crippen LogP) is 6.75. The first-order valence-corrected chi connectivity index (χ1v) is 15.5.